The van der Waals surface area contributed by atoms with Crippen molar-refractivity contribution in [3.05, 3.63) is 0 Å². The Labute approximate surface area is 103 Å². The first kappa shape index (κ1) is 12.8. The number of fused-ring (bicyclic) bond motifs is 1. The van der Waals surface area contributed by atoms with E-state index in [9.17, 15) is 4.79 Å². The van der Waals surface area contributed by atoms with Gasteiger partial charge in [-0.1, -0.05) is 19.3 Å². The van der Waals surface area contributed by atoms with Crippen LogP contribution in [0.25, 0.3) is 0 Å². The molecule has 3 atom stereocenters. The molecular weight excluding hydrogens is 218 g/mol. The molecule has 0 amide bonds. The van der Waals surface area contributed by atoms with Gasteiger partial charge in [0.05, 0.1) is 6.10 Å². The summed E-state index contributed by atoms with van der Waals surface area (Å²) < 4.78 is 5.43. The zero-order chi connectivity index (χ0) is 12.5. The van der Waals surface area contributed by atoms with Crippen molar-refractivity contribution in [3.8, 4) is 0 Å². The van der Waals surface area contributed by atoms with Gasteiger partial charge in [0.2, 0.25) is 0 Å². The van der Waals surface area contributed by atoms with Crippen molar-refractivity contribution in [2.24, 2.45) is 5.92 Å². The van der Waals surface area contributed by atoms with Crippen molar-refractivity contribution in [1.29, 1.82) is 0 Å². The molecule has 3 unspecified atom stereocenters. The normalized spacial score (nSPS) is 33.9. The zero-order valence-electron chi connectivity index (χ0n) is 11.0. The van der Waals surface area contributed by atoms with Gasteiger partial charge in [-0.15, -0.1) is 0 Å². The van der Waals surface area contributed by atoms with Crippen molar-refractivity contribution < 1.29 is 14.4 Å². The molecule has 0 aromatic rings. The summed E-state index contributed by atoms with van der Waals surface area (Å²) in [5.41, 5.74) is 2.45. The number of hydrogen-bond donors (Lipinski definition) is 1. The van der Waals surface area contributed by atoms with E-state index in [0.29, 0.717) is 0 Å². The lowest BCUT2D eigenvalue weighted by Gasteiger charge is -2.24. The summed E-state index contributed by atoms with van der Waals surface area (Å²) in [7, 11) is 0. The predicted molar refractivity (Wildman–Crippen MR) is 64.2 cm³/mol. The second kappa shape index (κ2) is 4.94. The smallest absolute Gasteiger partial charge is 0.326 e. The lowest BCUT2D eigenvalue weighted by atomic mass is 9.91. The Morgan fingerprint density at radius 1 is 1.24 bits per heavy atom. The molecule has 1 saturated carbocycles. The minimum Gasteiger partial charge on any atom is -0.459 e. The molecule has 1 aliphatic heterocycles. The Hall–Kier alpha value is -0.610. The Kier molecular flexibility index (Phi) is 3.73. The van der Waals surface area contributed by atoms with Crippen molar-refractivity contribution in [3.63, 3.8) is 0 Å². The molecule has 4 nitrogen and oxygen atoms in total. The van der Waals surface area contributed by atoms with Gasteiger partial charge in [0, 0.05) is 5.92 Å². The van der Waals surface area contributed by atoms with Crippen LogP contribution in [0.3, 0.4) is 0 Å². The molecule has 4 heteroatoms. The number of hydrogen-bond acceptors (Lipinski definition) is 4. The van der Waals surface area contributed by atoms with Crippen molar-refractivity contribution in [1.82, 2.24) is 5.48 Å². The number of nitrogens with one attached hydrogen (secondary N) is 1. The van der Waals surface area contributed by atoms with Gasteiger partial charge in [0.1, 0.15) is 11.6 Å². The fourth-order valence-electron chi connectivity index (χ4n) is 2.67. The molecule has 0 aromatic carbocycles. The molecule has 0 bridgehead atoms. The fourth-order valence-corrected chi connectivity index (χ4v) is 2.67. The lowest BCUT2D eigenvalue weighted by Crippen LogP contribution is -2.41. The third-order valence-corrected chi connectivity index (χ3v) is 3.44. The minimum atomic E-state index is -0.429. The highest BCUT2D eigenvalue weighted by atomic mass is 16.7. The summed E-state index contributed by atoms with van der Waals surface area (Å²) in [6, 6.07) is -0.280. The van der Waals surface area contributed by atoms with Crippen LogP contribution in [0.1, 0.15) is 52.9 Å². The van der Waals surface area contributed by atoms with Crippen LogP contribution in [0.15, 0.2) is 0 Å². The quantitative estimate of drug-likeness (QED) is 0.715. The van der Waals surface area contributed by atoms with Crippen LogP contribution in [0, 0.1) is 5.92 Å². The van der Waals surface area contributed by atoms with Crippen LogP contribution in [-0.2, 0) is 14.4 Å². The minimum absolute atomic E-state index is 0.174. The number of ether oxygens (including phenoxy) is 1. The first-order valence-electron chi connectivity index (χ1n) is 6.61. The van der Waals surface area contributed by atoms with Crippen LogP contribution in [0.5, 0.6) is 0 Å². The third kappa shape index (κ3) is 3.19. The molecule has 2 rings (SSSR count). The summed E-state index contributed by atoms with van der Waals surface area (Å²) in [6.07, 6.45) is 5.93. The Balaban J connectivity index is 1.99. The first-order valence-corrected chi connectivity index (χ1v) is 6.61. The number of carbonyl (C=O) groups is 1. The summed E-state index contributed by atoms with van der Waals surface area (Å²) in [5, 5.41) is 0. The van der Waals surface area contributed by atoms with Gasteiger partial charge in [-0.3, -0.25) is 9.63 Å². The second-order valence-electron chi connectivity index (χ2n) is 6.09. The van der Waals surface area contributed by atoms with Crippen LogP contribution in [-0.4, -0.2) is 23.7 Å². The maximum atomic E-state index is 12.1. The molecule has 0 spiro atoms. The third-order valence-electron chi connectivity index (χ3n) is 3.44. The molecule has 1 aliphatic carbocycles. The fraction of sp³-hybridized carbons (Fsp3) is 0.923. The van der Waals surface area contributed by atoms with E-state index in [4.69, 9.17) is 9.57 Å². The maximum Gasteiger partial charge on any atom is 0.326 e. The Bertz CT molecular complexity index is 285. The summed E-state index contributed by atoms with van der Waals surface area (Å²) in [4.78, 5) is 17.6. The average Bonchev–Trinajstić information content (AvgIpc) is 2.46. The van der Waals surface area contributed by atoms with Crippen LogP contribution >= 0.6 is 0 Å². The summed E-state index contributed by atoms with van der Waals surface area (Å²) in [6.45, 7) is 5.68. The average molecular weight is 241 g/mol. The second-order valence-corrected chi connectivity index (χ2v) is 6.09. The van der Waals surface area contributed by atoms with Gasteiger partial charge in [-0.25, -0.2) is 0 Å². The van der Waals surface area contributed by atoms with Crippen molar-refractivity contribution in [2.45, 2.75) is 70.6 Å². The highest BCUT2D eigenvalue weighted by molar-refractivity contribution is 5.76. The van der Waals surface area contributed by atoms with Gasteiger partial charge >= 0.3 is 5.97 Å². The number of esters is 1. The van der Waals surface area contributed by atoms with Crippen molar-refractivity contribution >= 4 is 5.97 Å². The van der Waals surface area contributed by atoms with E-state index in [-0.39, 0.29) is 24.0 Å². The number of rotatable bonds is 1. The van der Waals surface area contributed by atoms with Crippen LogP contribution < -0.4 is 5.48 Å². The van der Waals surface area contributed by atoms with Gasteiger partial charge in [-0.2, -0.15) is 5.48 Å². The van der Waals surface area contributed by atoms with Crippen molar-refractivity contribution in [2.75, 3.05) is 0 Å². The van der Waals surface area contributed by atoms with Crippen LogP contribution in [0.4, 0.5) is 0 Å². The highest BCUT2D eigenvalue weighted by Crippen LogP contribution is 2.32. The van der Waals surface area contributed by atoms with Gasteiger partial charge in [0.25, 0.3) is 0 Å². The van der Waals surface area contributed by atoms with Gasteiger partial charge in [0.15, 0.2) is 0 Å². The zero-order valence-corrected chi connectivity index (χ0v) is 11.0. The molecule has 17 heavy (non-hydrogen) atoms. The maximum absolute atomic E-state index is 12.1. The number of carbonyl (C=O) groups excluding carboxylic acids is 1. The molecular formula is C13H23NO3. The summed E-state index contributed by atoms with van der Waals surface area (Å²) >= 11 is 0. The van der Waals surface area contributed by atoms with Gasteiger partial charge in [-0.05, 0) is 33.6 Å². The number of hydroxylamine groups is 1. The highest BCUT2D eigenvalue weighted by Gasteiger charge is 2.43. The van der Waals surface area contributed by atoms with E-state index in [1.165, 1.54) is 19.3 Å². The molecule has 1 N–H and O–H groups in total. The predicted octanol–water partition coefficient (Wildman–Crippen LogP) is 2.18. The van der Waals surface area contributed by atoms with E-state index >= 15 is 0 Å². The van der Waals surface area contributed by atoms with E-state index in [1.807, 2.05) is 20.8 Å². The Morgan fingerprint density at radius 3 is 2.65 bits per heavy atom. The Morgan fingerprint density at radius 2 is 1.94 bits per heavy atom. The SMILES string of the molecule is CC(C)(C)OC(=O)C1NOC2CCCCCC21. The van der Waals surface area contributed by atoms with E-state index in [1.54, 1.807) is 0 Å². The standard InChI is InChI=1S/C13H23NO3/c1-13(2,3)16-12(15)11-9-7-5-4-6-8-10(9)17-14-11/h9-11,14H,4-8H2,1-3H3. The molecule has 1 heterocycles. The molecule has 2 aliphatic rings. The molecule has 98 valence electrons. The molecule has 1 saturated heterocycles. The lowest BCUT2D eigenvalue weighted by molar-refractivity contribution is -0.159. The first-order chi connectivity index (χ1) is 7.97. The molecule has 0 radical (unpaired) electrons. The topological polar surface area (TPSA) is 47.6 Å². The van der Waals surface area contributed by atoms with E-state index in [2.05, 4.69) is 5.48 Å². The summed E-state index contributed by atoms with van der Waals surface area (Å²) in [5.74, 6) is 0.110. The van der Waals surface area contributed by atoms with Gasteiger partial charge < -0.3 is 4.74 Å². The monoisotopic (exact) mass is 241 g/mol. The van der Waals surface area contributed by atoms with E-state index in [0.717, 1.165) is 12.8 Å². The van der Waals surface area contributed by atoms with Crippen LogP contribution in [0.2, 0.25) is 0 Å². The largest absolute Gasteiger partial charge is 0.459 e. The van der Waals surface area contributed by atoms with E-state index < -0.39 is 5.60 Å². The molecule has 0 aromatic heterocycles. The molecule has 2 fully saturated rings.